The molecule has 0 rings (SSSR count). The average Bonchev–Trinajstić information content (AvgIpc) is 2.38. The highest BCUT2D eigenvalue weighted by atomic mass is 35.5. The van der Waals surface area contributed by atoms with E-state index >= 15 is 0 Å². The zero-order valence-corrected chi connectivity index (χ0v) is 14.5. The lowest BCUT2D eigenvalue weighted by Gasteiger charge is -2.28. The van der Waals surface area contributed by atoms with Gasteiger partial charge < -0.3 is 14.2 Å². The van der Waals surface area contributed by atoms with Crippen LogP contribution in [0.5, 0.6) is 0 Å². The zero-order valence-electron chi connectivity index (χ0n) is 13.8. The van der Waals surface area contributed by atoms with Crippen LogP contribution < -0.4 is 0 Å². The third-order valence-corrected chi connectivity index (χ3v) is 3.78. The van der Waals surface area contributed by atoms with Gasteiger partial charge in [0.15, 0.2) is 0 Å². The molecule has 4 heteroatoms. The first-order valence-electron chi connectivity index (χ1n) is 7.81. The summed E-state index contributed by atoms with van der Waals surface area (Å²) < 4.78 is 16.4. The standard InChI is InChI=1S/C16H33ClO3/c1-5-6-8-18-10-12-20-13-11-19-9-7-15(14-17)16(2,3)4/h15H,5-14H2,1-4H3. The van der Waals surface area contributed by atoms with Gasteiger partial charge in [-0.3, -0.25) is 0 Å². The lowest BCUT2D eigenvalue weighted by atomic mass is 9.80. The molecule has 20 heavy (non-hydrogen) atoms. The molecular weight excluding hydrogens is 276 g/mol. The maximum absolute atomic E-state index is 5.99. The van der Waals surface area contributed by atoms with Crippen LogP contribution >= 0.6 is 11.6 Å². The Morgan fingerprint density at radius 1 is 0.850 bits per heavy atom. The number of alkyl halides is 1. The fraction of sp³-hybridized carbons (Fsp3) is 1.00. The van der Waals surface area contributed by atoms with Gasteiger partial charge in [-0.1, -0.05) is 34.1 Å². The van der Waals surface area contributed by atoms with Gasteiger partial charge in [-0.25, -0.2) is 0 Å². The summed E-state index contributed by atoms with van der Waals surface area (Å²) in [6, 6.07) is 0. The fourth-order valence-electron chi connectivity index (χ4n) is 1.76. The van der Waals surface area contributed by atoms with Crippen LogP contribution in [-0.2, 0) is 14.2 Å². The lowest BCUT2D eigenvalue weighted by molar-refractivity contribution is 0.00992. The second-order valence-corrected chi connectivity index (χ2v) is 6.51. The molecule has 0 fully saturated rings. The van der Waals surface area contributed by atoms with Gasteiger partial charge in [-0.05, 0) is 24.2 Å². The highest BCUT2D eigenvalue weighted by molar-refractivity contribution is 6.18. The van der Waals surface area contributed by atoms with Crippen LogP contribution in [0.2, 0.25) is 0 Å². The third kappa shape index (κ3) is 12.0. The van der Waals surface area contributed by atoms with Crippen molar-refractivity contribution in [3.8, 4) is 0 Å². The zero-order chi connectivity index (χ0) is 15.3. The molecule has 0 spiro atoms. The molecule has 0 aliphatic heterocycles. The molecule has 0 N–H and O–H groups in total. The molecule has 0 saturated carbocycles. The van der Waals surface area contributed by atoms with E-state index in [2.05, 4.69) is 27.7 Å². The number of hydrogen-bond donors (Lipinski definition) is 0. The highest BCUT2D eigenvalue weighted by Crippen LogP contribution is 2.29. The summed E-state index contributed by atoms with van der Waals surface area (Å²) >= 11 is 5.99. The molecule has 0 aromatic heterocycles. The molecule has 0 heterocycles. The molecule has 1 unspecified atom stereocenters. The van der Waals surface area contributed by atoms with Gasteiger partial charge >= 0.3 is 0 Å². The van der Waals surface area contributed by atoms with E-state index in [0.29, 0.717) is 38.2 Å². The van der Waals surface area contributed by atoms with Crippen molar-refractivity contribution in [2.75, 3.05) is 45.5 Å². The van der Waals surface area contributed by atoms with Crippen LogP contribution in [0.25, 0.3) is 0 Å². The van der Waals surface area contributed by atoms with Crippen LogP contribution in [0, 0.1) is 11.3 Å². The molecule has 0 saturated heterocycles. The minimum absolute atomic E-state index is 0.247. The monoisotopic (exact) mass is 308 g/mol. The van der Waals surface area contributed by atoms with Crippen molar-refractivity contribution in [3.05, 3.63) is 0 Å². The van der Waals surface area contributed by atoms with E-state index in [1.807, 2.05) is 0 Å². The molecule has 0 amide bonds. The number of hydrogen-bond acceptors (Lipinski definition) is 3. The van der Waals surface area contributed by atoms with E-state index in [9.17, 15) is 0 Å². The Morgan fingerprint density at radius 3 is 1.80 bits per heavy atom. The molecule has 122 valence electrons. The van der Waals surface area contributed by atoms with Crippen LogP contribution in [0.3, 0.4) is 0 Å². The number of unbranched alkanes of at least 4 members (excludes halogenated alkanes) is 1. The van der Waals surface area contributed by atoms with Crippen molar-refractivity contribution in [2.45, 2.75) is 47.0 Å². The van der Waals surface area contributed by atoms with Crippen LogP contribution in [0.4, 0.5) is 0 Å². The second kappa shape index (κ2) is 12.9. The summed E-state index contributed by atoms with van der Waals surface area (Å²) in [6.45, 7) is 13.0. The van der Waals surface area contributed by atoms with Gasteiger partial charge in [-0.2, -0.15) is 0 Å². The van der Waals surface area contributed by atoms with E-state index in [0.717, 1.165) is 26.1 Å². The first kappa shape index (κ1) is 20.2. The molecule has 3 nitrogen and oxygen atoms in total. The second-order valence-electron chi connectivity index (χ2n) is 6.20. The van der Waals surface area contributed by atoms with Gasteiger partial charge in [-0.15, -0.1) is 11.6 Å². The fourth-order valence-corrected chi connectivity index (χ4v) is 2.37. The first-order chi connectivity index (χ1) is 9.52. The predicted molar refractivity (Wildman–Crippen MR) is 85.6 cm³/mol. The van der Waals surface area contributed by atoms with Crippen molar-refractivity contribution in [1.82, 2.24) is 0 Å². The SMILES string of the molecule is CCCCOCCOCCOCCC(CCl)C(C)(C)C. The summed E-state index contributed by atoms with van der Waals surface area (Å²) in [6.07, 6.45) is 3.30. The quantitative estimate of drug-likeness (QED) is 0.378. The molecule has 0 aromatic rings. The third-order valence-electron chi connectivity index (χ3n) is 3.41. The summed E-state index contributed by atoms with van der Waals surface area (Å²) in [5.41, 5.74) is 0.247. The van der Waals surface area contributed by atoms with E-state index < -0.39 is 0 Å². The van der Waals surface area contributed by atoms with Crippen LogP contribution in [0.1, 0.15) is 47.0 Å². The van der Waals surface area contributed by atoms with Crippen molar-refractivity contribution in [2.24, 2.45) is 11.3 Å². The molecule has 0 bridgehead atoms. The topological polar surface area (TPSA) is 27.7 Å². The lowest BCUT2D eigenvalue weighted by Crippen LogP contribution is -2.23. The Hall–Kier alpha value is 0.170. The van der Waals surface area contributed by atoms with E-state index in [1.54, 1.807) is 0 Å². The van der Waals surface area contributed by atoms with E-state index in [1.165, 1.54) is 6.42 Å². The van der Waals surface area contributed by atoms with Gasteiger partial charge in [0, 0.05) is 19.1 Å². The highest BCUT2D eigenvalue weighted by Gasteiger charge is 2.23. The van der Waals surface area contributed by atoms with Gasteiger partial charge in [0.1, 0.15) is 0 Å². The average molecular weight is 309 g/mol. The van der Waals surface area contributed by atoms with E-state index in [4.69, 9.17) is 25.8 Å². The maximum Gasteiger partial charge on any atom is 0.0701 e. The van der Waals surface area contributed by atoms with Gasteiger partial charge in [0.25, 0.3) is 0 Å². The normalized spacial score (nSPS) is 13.7. The smallest absolute Gasteiger partial charge is 0.0701 e. The van der Waals surface area contributed by atoms with Crippen molar-refractivity contribution >= 4 is 11.6 Å². The number of halogens is 1. The van der Waals surface area contributed by atoms with Crippen molar-refractivity contribution < 1.29 is 14.2 Å². The van der Waals surface area contributed by atoms with Crippen molar-refractivity contribution in [1.29, 1.82) is 0 Å². The van der Waals surface area contributed by atoms with Gasteiger partial charge in [0.05, 0.1) is 26.4 Å². The minimum atomic E-state index is 0.247. The first-order valence-corrected chi connectivity index (χ1v) is 8.35. The van der Waals surface area contributed by atoms with Crippen LogP contribution in [0.15, 0.2) is 0 Å². The number of rotatable bonds is 13. The molecule has 0 aliphatic carbocycles. The molecule has 0 aromatic carbocycles. The summed E-state index contributed by atoms with van der Waals surface area (Å²) in [4.78, 5) is 0. The molecule has 0 aliphatic rings. The number of ether oxygens (including phenoxy) is 3. The Bertz CT molecular complexity index is 204. The Balaban J connectivity index is 3.28. The summed E-state index contributed by atoms with van der Waals surface area (Å²) in [5, 5.41) is 0. The molecular formula is C16H33ClO3. The van der Waals surface area contributed by atoms with Gasteiger partial charge in [0.2, 0.25) is 0 Å². The molecule has 1 atom stereocenters. The minimum Gasteiger partial charge on any atom is -0.379 e. The predicted octanol–water partition coefficient (Wildman–Crippen LogP) is 4.13. The van der Waals surface area contributed by atoms with E-state index in [-0.39, 0.29) is 5.41 Å². The summed E-state index contributed by atoms with van der Waals surface area (Å²) in [5.74, 6) is 1.19. The Kier molecular flexibility index (Phi) is 13.0. The van der Waals surface area contributed by atoms with Crippen LogP contribution in [-0.4, -0.2) is 45.5 Å². The largest absolute Gasteiger partial charge is 0.379 e. The maximum atomic E-state index is 5.99. The Morgan fingerprint density at radius 2 is 1.35 bits per heavy atom. The summed E-state index contributed by atoms with van der Waals surface area (Å²) in [7, 11) is 0. The Labute approximate surface area is 130 Å². The molecule has 0 radical (unpaired) electrons. The van der Waals surface area contributed by atoms with Crippen molar-refractivity contribution in [3.63, 3.8) is 0 Å².